The van der Waals surface area contributed by atoms with Crippen molar-refractivity contribution in [3.8, 4) is 0 Å². The van der Waals surface area contributed by atoms with E-state index in [0.29, 0.717) is 11.4 Å². The molecule has 110 valence electrons. The molecule has 0 saturated heterocycles. The molecule has 0 fully saturated rings. The first-order valence-corrected chi connectivity index (χ1v) is 7.18. The van der Waals surface area contributed by atoms with Crippen LogP contribution in [0.15, 0.2) is 36.5 Å². The second-order valence-electron chi connectivity index (χ2n) is 5.13. The summed E-state index contributed by atoms with van der Waals surface area (Å²) in [5, 5.41) is 6.16. The third kappa shape index (κ3) is 4.05. The maximum Gasteiger partial charge on any atom is 0.256 e. The molecule has 0 atom stereocenters. The van der Waals surface area contributed by atoms with Gasteiger partial charge in [-0.15, -0.1) is 0 Å². The lowest BCUT2D eigenvalue weighted by atomic mass is 10.1. The molecule has 0 unspecified atom stereocenters. The van der Waals surface area contributed by atoms with E-state index in [0.717, 1.165) is 29.8 Å². The molecule has 0 bridgehead atoms. The van der Waals surface area contributed by atoms with E-state index in [1.54, 1.807) is 6.20 Å². The van der Waals surface area contributed by atoms with Gasteiger partial charge in [-0.2, -0.15) is 0 Å². The first-order valence-electron chi connectivity index (χ1n) is 7.18. The lowest BCUT2D eigenvalue weighted by Gasteiger charge is -2.10. The van der Waals surface area contributed by atoms with Crippen molar-refractivity contribution in [3.05, 3.63) is 53.2 Å². The van der Waals surface area contributed by atoms with Crippen molar-refractivity contribution in [2.24, 2.45) is 0 Å². The van der Waals surface area contributed by atoms with Crippen molar-refractivity contribution in [3.63, 3.8) is 0 Å². The summed E-state index contributed by atoms with van der Waals surface area (Å²) in [5.74, 6) is 0.434. The Hall–Kier alpha value is -2.36. The Morgan fingerprint density at radius 2 is 2.00 bits per heavy atom. The summed E-state index contributed by atoms with van der Waals surface area (Å²) in [5.41, 5.74) is 3.84. The standard InChI is InChI=1S/C17H21N3O/c1-4-8-18-15-6-5-14(11-13(15)3)17(21)20-16-10-12(2)7-9-19-16/h5-7,9-11,18H,4,8H2,1-3H3,(H,19,20,21). The normalized spacial score (nSPS) is 10.2. The van der Waals surface area contributed by atoms with Gasteiger partial charge < -0.3 is 10.6 Å². The Morgan fingerprint density at radius 1 is 1.19 bits per heavy atom. The highest BCUT2D eigenvalue weighted by Gasteiger charge is 2.08. The zero-order valence-corrected chi connectivity index (χ0v) is 12.7. The SMILES string of the molecule is CCCNc1ccc(C(=O)Nc2cc(C)ccn2)cc1C. The molecule has 4 nitrogen and oxygen atoms in total. The predicted octanol–water partition coefficient (Wildman–Crippen LogP) is 3.77. The smallest absolute Gasteiger partial charge is 0.256 e. The van der Waals surface area contributed by atoms with Gasteiger partial charge in [0.2, 0.25) is 0 Å². The number of rotatable bonds is 5. The van der Waals surface area contributed by atoms with Gasteiger partial charge in [-0.05, 0) is 61.7 Å². The highest BCUT2D eigenvalue weighted by molar-refractivity contribution is 6.04. The number of amides is 1. The third-order valence-electron chi connectivity index (χ3n) is 3.21. The molecule has 21 heavy (non-hydrogen) atoms. The summed E-state index contributed by atoms with van der Waals surface area (Å²) in [6.45, 7) is 7.02. The number of benzene rings is 1. The number of hydrogen-bond donors (Lipinski definition) is 2. The minimum Gasteiger partial charge on any atom is -0.385 e. The summed E-state index contributed by atoms with van der Waals surface area (Å²) in [7, 11) is 0. The monoisotopic (exact) mass is 283 g/mol. The molecule has 2 rings (SSSR count). The molecule has 0 aliphatic carbocycles. The molecule has 0 saturated carbocycles. The van der Waals surface area contributed by atoms with E-state index < -0.39 is 0 Å². The summed E-state index contributed by atoms with van der Waals surface area (Å²) < 4.78 is 0. The van der Waals surface area contributed by atoms with Crippen LogP contribution >= 0.6 is 0 Å². The Balaban J connectivity index is 2.11. The lowest BCUT2D eigenvalue weighted by Crippen LogP contribution is -2.13. The van der Waals surface area contributed by atoms with Crippen LogP contribution in [0.5, 0.6) is 0 Å². The zero-order valence-electron chi connectivity index (χ0n) is 12.7. The summed E-state index contributed by atoms with van der Waals surface area (Å²) >= 11 is 0. The number of carbonyl (C=O) groups excluding carboxylic acids is 1. The lowest BCUT2D eigenvalue weighted by molar-refractivity contribution is 0.102. The topological polar surface area (TPSA) is 54.0 Å². The van der Waals surface area contributed by atoms with Crippen LogP contribution in [0, 0.1) is 13.8 Å². The maximum absolute atomic E-state index is 12.2. The van der Waals surface area contributed by atoms with Crippen LogP contribution in [0.1, 0.15) is 34.8 Å². The predicted molar refractivity (Wildman–Crippen MR) is 86.9 cm³/mol. The number of aryl methyl sites for hydroxylation is 2. The average molecular weight is 283 g/mol. The fourth-order valence-electron chi connectivity index (χ4n) is 2.06. The average Bonchev–Trinajstić information content (AvgIpc) is 2.46. The van der Waals surface area contributed by atoms with Gasteiger partial charge in [-0.25, -0.2) is 4.98 Å². The second kappa shape index (κ2) is 6.88. The highest BCUT2D eigenvalue weighted by atomic mass is 16.1. The van der Waals surface area contributed by atoms with Gasteiger partial charge in [-0.1, -0.05) is 6.92 Å². The number of nitrogens with one attached hydrogen (secondary N) is 2. The Morgan fingerprint density at radius 3 is 2.67 bits per heavy atom. The van der Waals surface area contributed by atoms with E-state index >= 15 is 0 Å². The van der Waals surface area contributed by atoms with Crippen LogP contribution in [0.25, 0.3) is 0 Å². The molecule has 2 N–H and O–H groups in total. The molecule has 0 spiro atoms. The number of hydrogen-bond acceptors (Lipinski definition) is 3. The van der Waals surface area contributed by atoms with Crippen molar-refractivity contribution in [1.82, 2.24) is 4.98 Å². The molecule has 0 aliphatic rings. The maximum atomic E-state index is 12.2. The van der Waals surface area contributed by atoms with Crippen molar-refractivity contribution >= 4 is 17.4 Å². The van der Waals surface area contributed by atoms with Crippen LogP contribution in [-0.2, 0) is 0 Å². The van der Waals surface area contributed by atoms with E-state index in [4.69, 9.17) is 0 Å². The van der Waals surface area contributed by atoms with Crippen molar-refractivity contribution in [1.29, 1.82) is 0 Å². The van der Waals surface area contributed by atoms with Crippen molar-refractivity contribution in [2.45, 2.75) is 27.2 Å². The van der Waals surface area contributed by atoms with E-state index in [1.165, 1.54) is 0 Å². The van der Waals surface area contributed by atoms with Crippen LogP contribution in [-0.4, -0.2) is 17.4 Å². The van der Waals surface area contributed by atoms with Gasteiger partial charge in [-0.3, -0.25) is 4.79 Å². The third-order valence-corrected chi connectivity index (χ3v) is 3.21. The zero-order chi connectivity index (χ0) is 15.2. The van der Waals surface area contributed by atoms with Gasteiger partial charge in [0.1, 0.15) is 5.82 Å². The van der Waals surface area contributed by atoms with Crippen LogP contribution in [0.3, 0.4) is 0 Å². The molecule has 0 aliphatic heterocycles. The Labute approximate surface area is 125 Å². The second-order valence-corrected chi connectivity index (χ2v) is 5.13. The van der Waals surface area contributed by atoms with E-state index in [2.05, 4.69) is 22.5 Å². The van der Waals surface area contributed by atoms with E-state index in [1.807, 2.05) is 44.2 Å². The summed E-state index contributed by atoms with van der Waals surface area (Å²) in [6.07, 6.45) is 2.76. The van der Waals surface area contributed by atoms with Gasteiger partial charge in [0.15, 0.2) is 0 Å². The molecule has 4 heteroatoms. The van der Waals surface area contributed by atoms with Gasteiger partial charge in [0.05, 0.1) is 0 Å². The molecule has 1 aromatic carbocycles. The van der Waals surface area contributed by atoms with E-state index in [-0.39, 0.29) is 5.91 Å². The van der Waals surface area contributed by atoms with E-state index in [9.17, 15) is 4.79 Å². The van der Waals surface area contributed by atoms with Gasteiger partial charge in [0, 0.05) is 24.0 Å². The minimum atomic E-state index is -0.141. The van der Waals surface area contributed by atoms with Crippen LogP contribution in [0.4, 0.5) is 11.5 Å². The van der Waals surface area contributed by atoms with Crippen LogP contribution in [0.2, 0.25) is 0 Å². The molecule has 2 aromatic rings. The fraction of sp³-hybridized carbons (Fsp3) is 0.294. The number of carbonyl (C=O) groups is 1. The molecule has 0 radical (unpaired) electrons. The fourth-order valence-corrected chi connectivity index (χ4v) is 2.06. The van der Waals surface area contributed by atoms with Gasteiger partial charge in [0.25, 0.3) is 5.91 Å². The van der Waals surface area contributed by atoms with Crippen molar-refractivity contribution in [2.75, 3.05) is 17.2 Å². The first-order chi connectivity index (χ1) is 10.1. The quantitative estimate of drug-likeness (QED) is 0.878. The largest absolute Gasteiger partial charge is 0.385 e. The highest BCUT2D eigenvalue weighted by Crippen LogP contribution is 2.17. The molecular weight excluding hydrogens is 262 g/mol. The Bertz CT molecular complexity index is 638. The Kier molecular flexibility index (Phi) is 4.93. The molecule has 1 aromatic heterocycles. The number of nitrogens with zero attached hydrogens (tertiary/aromatic N) is 1. The van der Waals surface area contributed by atoms with Crippen LogP contribution < -0.4 is 10.6 Å². The molecular formula is C17H21N3O. The number of pyridine rings is 1. The summed E-state index contributed by atoms with van der Waals surface area (Å²) in [4.78, 5) is 16.4. The molecule has 1 heterocycles. The minimum absolute atomic E-state index is 0.141. The van der Waals surface area contributed by atoms with Gasteiger partial charge >= 0.3 is 0 Å². The molecule has 1 amide bonds. The number of anilines is 2. The first kappa shape index (κ1) is 15.0. The number of aromatic nitrogens is 1. The summed E-state index contributed by atoms with van der Waals surface area (Å²) in [6, 6.07) is 9.42. The van der Waals surface area contributed by atoms with Crippen molar-refractivity contribution < 1.29 is 4.79 Å².